The van der Waals surface area contributed by atoms with Gasteiger partial charge in [0.25, 0.3) is 0 Å². The number of Topliss-reactive ketones (excluding diaryl/α,β-unsaturated/α-hetero) is 1. The number of methoxy groups -OCH3 is 1. The highest BCUT2D eigenvalue weighted by Gasteiger charge is 2.37. The fraction of sp³-hybridized carbons (Fsp3) is 0.923. The van der Waals surface area contributed by atoms with Gasteiger partial charge in [-0.1, -0.05) is 0 Å². The van der Waals surface area contributed by atoms with E-state index in [1.54, 1.807) is 0 Å². The van der Waals surface area contributed by atoms with Crippen molar-refractivity contribution in [1.29, 1.82) is 0 Å². The Balaban J connectivity index is 1.90. The maximum atomic E-state index is 11.2. The van der Waals surface area contributed by atoms with Crippen LogP contribution in [-0.4, -0.2) is 42.5 Å². The van der Waals surface area contributed by atoms with Crippen molar-refractivity contribution in [2.24, 2.45) is 0 Å². The van der Waals surface area contributed by atoms with Crippen molar-refractivity contribution in [3.63, 3.8) is 0 Å². The quantitative estimate of drug-likeness (QED) is 0.720. The van der Waals surface area contributed by atoms with Crippen LogP contribution in [0.5, 0.6) is 0 Å². The molecule has 2 aliphatic rings. The van der Waals surface area contributed by atoms with Crippen LogP contribution in [0.25, 0.3) is 0 Å². The molecule has 0 unspecified atom stereocenters. The normalized spacial score (nSPS) is 37.6. The van der Waals surface area contributed by atoms with Crippen LogP contribution in [0.1, 0.15) is 45.4 Å². The van der Waals surface area contributed by atoms with Crippen molar-refractivity contribution in [3.8, 4) is 0 Å². The second kappa shape index (κ2) is 4.84. The first-order chi connectivity index (χ1) is 7.64. The number of ether oxygens (including phenoxy) is 1. The molecule has 2 rings (SSSR count). The lowest BCUT2D eigenvalue weighted by molar-refractivity contribution is -0.123. The van der Waals surface area contributed by atoms with E-state index < -0.39 is 0 Å². The van der Waals surface area contributed by atoms with Crippen LogP contribution in [0.4, 0.5) is 0 Å². The average Bonchev–Trinajstić information content (AvgIpc) is 2.31. The molecule has 0 spiro atoms. The lowest BCUT2D eigenvalue weighted by Gasteiger charge is -2.47. The number of likely N-dealkylation sites (tertiary alicyclic amines) is 1. The first kappa shape index (κ1) is 12.1. The van der Waals surface area contributed by atoms with E-state index in [2.05, 4.69) is 11.8 Å². The van der Waals surface area contributed by atoms with Crippen LogP contribution >= 0.6 is 0 Å². The molecule has 0 N–H and O–H groups in total. The first-order valence-electron chi connectivity index (χ1n) is 6.43. The van der Waals surface area contributed by atoms with Crippen LogP contribution in [-0.2, 0) is 9.53 Å². The predicted octanol–water partition coefficient (Wildman–Crippen LogP) is 2.00. The number of hydrogen-bond acceptors (Lipinski definition) is 3. The monoisotopic (exact) mass is 225 g/mol. The number of carbonyl (C=O) groups excluding carboxylic acids is 1. The third-order valence-electron chi connectivity index (χ3n) is 4.43. The van der Waals surface area contributed by atoms with Crippen molar-refractivity contribution in [2.45, 2.75) is 57.1 Å². The fourth-order valence-electron chi connectivity index (χ4n) is 3.06. The summed E-state index contributed by atoms with van der Waals surface area (Å²) in [5.74, 6) is 0.436. The number of nitrogens with zero attached hydrogens (tertiary/aromatic N) is 1. The van der Waals surface area contributed by atoms with E-state index in [-0.39, 0.29) is 0 Å². The Morgan fingerprint density at radius 3 is 2.31 bits per heavy atom. The molecule has 1 saturated heterocycles. The zero-order chi connectivity index (χ0) is 11.6. The summed E-state index contributed by atoms with van der Waals surface area (Å²) in [5.41, 5.74) is 0.315. The maximum Gasteiger partial charge on any atom is 0.135 e. The molecule has 0 aromatic carbocycles. The molecule has 92 valence electrons. The zero-order valence-electron chi connectivity index (χ0n) is 10.5. The summed E-state index contributed by atoms with van der Waals surface area (Å²) in [4.78, 5) is 13.8. The summed E-state index contributed by atoms with van der Waals surface area (Å²) in [6.07, 6.45) is 6.71. The van der Waals surface area contributed by atoms with Crippen LogP contribution in [0.2, 0.25) is 0 Å². The summed E-state index contributed by atoms with van der Waals surface area (Å²) in [6.45, 7) is 4.29. The number of hydrogen-bond donors (Lipinski definition) is 0. The van der Waals surface area contributed by atoms with Gasteiger partial charge in [0.2, 0.25) is 0 Å². The molecular formula is C13H23NO2. The molecule has 3 heteroatoms. The van der Waals surface area contributed by atoms with Crippen LogP contribution < -0.4 is 0 Å². The minimum Gasteiger partial charge on any atom is -0.381 e. The van der Waals surface area contributed by atoms with Crippen LogP contribution in [0.3, 0.4) is 0 Å². The number of carbonyl (C=O) groups is 1. The van der Waals surface area contributed by atoms with E-state index in [1.807, 2.05) is 7.11 Å². The average molecular weight is 225 g/mol. The number of piperidine rings is 1. The summed E-state index contributed by atoms with van der Waals surface area (Å²) in [5, 5.41) is 0. The van der Waals surface area contributed by atoms with E-state index in [9.17, 15) is 4.79 Å². The highest BCUT2D eigenvalue weighted by molar-refractivity contribution is 5.79. The maximum absolute atomic E-state index is 11.2. The molecular weight excluding hydrogens is 202 g/mol. The van der Waals surface area contributed by atoms with Gasteiger partial charge in [-0.05, 0) is 32.6 Å². The minimum atomic E-state index is 0.315. The van der Waals surface area contributed by atoms with Gasteiger partial charge < -0.3 is 4.74 Å². The predicted molar refractivity (Wildman–Crippen MR) is 63.5 cm³/mol. The van der Waals surface area contributed by atoms with E-state index >= 15 is 0 Å². The molecule has 0 atom stereocenters. The standard InChI is InChI=1S/C13H23NO2/c1-13(7-3-12(16-2)4-8-13)14-9-5-11(15)6-10-14/h12H,3-10H2,1-2H3/t12-,13-. The SMILES string of the molecule is CO[C@H]1CC[C@](C)(N2CCC(=O)CC2)CC1. The van der Waals surface area contributed by atoms with Gasteiger partial charge in [0.15, 0.2) is 0 Å². The molecule has 1 aliphatic carbocycles. The molecule has 1 saturated carbocycles. The number of rotatable bonds is 2. The lowest BCUT2D eigenvalue weighted by Crippen LogP contribution is -2.52. The van der Waals surface area contributed by atoms with Crippen molar-refractivity contribution in [3.05, 3.63) is 0 Å². The smallest absolute Gasteiger partial charge is 0.135 e. The molecule has 0 aromatic heterocycles. The second-order valence-electron chi connectivity index (χ2n) is 5.46. The Bertz CT molecular complexity index is 247. The first-order valence-corrected chi connectivity index (χ1v) is 6.43. The Labute approximate surface area is 98.1 Å². The van der Waals surface area contributed by atoms with Crippen molar-refractivity contribution in [2.75, 3.05) is 20.2 Å². The minimum absolute atomic E-state index is 0.315. The zero-order valence-corrected chi connectivity index (χ0v) is 10.5. The Hall–Kier alpha value is -0.410. The third kappa shape index (κ3) is 2.46. The van der Waals surface area contributed by atoms with Crippen molar-refractivity contribution < 1.29 is 9.53 Å². The fourth-order valence-corrected chi connectivity index (χ4v) is 3.06. The van der Waals surface area contributed by atoms with E-state index in [0.29, 0.717) is 17.4 Å². The van der Waals surface area contributed by atoms with Gasteiger partial charge in [-0.3, -0.25) is 9.69 Å². The van der Waals surface area contributed by atoms with Crippen molar-refractivity contribution >= 4 is 5.78 Å². The summed E-state index contributed by atoms with van der Waals surface area (Å²) in [7, 11) is 1.81. The molecule has 3 nitrogen and oxygen atoms in total. The molecule has 0 aromatic rings. The Morgan fingerprint density at radius 1 is 1.25 bits per heavy atom. The topological polar surface area (TPSA) is 29.5 Å². The second-order valence-corrected chi connectivity index (χ2v) is 5.46. The molecule has 16 heavy (non-hydrogen) atoms. The molecule has 1 aliphatic heterocycles. The van der Waals surface area contributed by atoms with Gasteiger partial charge in [0.05, 0.1) is 6.10 Å². The van der Waals surface area contributed by atoms with Gasteiger partial charge >= 0.3 is 0 Å². The van der Waals surface area contributed by atoms with Gasteiger partial charge in [-0.25, -0.2) is 0 Å². The largest absolute Gasteiger partial charge is 0.381 e. The summed E-state index contributed by atoms with van der Waals surface area (Å²) in [6, 6.07) is 0. The number of ketones is 1. The van der Waals surface area contributed by atoms with Gasteiger partial charge in [-0.2, -0.15) is 0 Å². The third-order valence-corrected chi connectivity index (χ3v) is 4.43. The van der Waals surface area contributed by atoms with Crippen LogP contribution in [0, 0.1) is 0 Å². The molecule has 0 radical (unpaired) electrons. The van der Waals surface area contributed by atoms with Gasteiger partial charge in [-0.15, -0.1) is 0 Å². The summed E-state index contributed by atoms with van der Waals surface area (Å²) < 4.78 is 5.42. The highest BCUT2D eigenvalue weighted by Crippen LogP contribution is 2.35. The van der Waals surface area contributed by atoms with E-state index in [1.165, 1.54) is 12.8 Å². The van der Waals surface area contributed by atoms with Gasteiger partial charge in [0, 0.05) is 38.6 Å². The molecule has 0 amide bonds. The Morgan fingerprint density at radius 2 is 1.81 bits per heavy atom. The van der Waals surface area contributed by atoms with E-state index in [4.69, 9.17) is 4.74 Å². The van der Waals surface area contributed by atoms with Crippen LogP contribution in [0.15, 0.2) is 0 Å². The molecule has 1 heterocycles. The molecule has 2 fully saturated rings. The van der Waals surface area contributed by atoms with Crippen molar-refractivity contribution in [1.82, 2.24) is 4.90 Å². The Kier molecular flexibility index (Phi) is 3.65. The highest BCUT2D eigenvalue weighted by atomic mass is 16.5. The summed E-state index contributed by atoms with van der Waals surface area (Å²) >= 11 is 0. The van der Waals surface area contributed by atoms with Gasteiger partial charge in [0.1, 0.15) is 5.78 Å². The lowest BCUT2D eigenvalue weighted by atomic mass is 9.79. The van der Waals surface area contributed by atoms with E-state index in [0.717, 1.165) is 38.8 Å². The molecule has 0 bridgehead atoms.